The summed E-state index contributed by atoms with van der Waals surface area (Å²) in [6, 6.07) is 10.9. The largest absolute Gasteiger partial charge is 0.372 e. The fourth-order valence-electron chi connectivity index (χ4n) is 3.04. The predicted molar refractivity (Wildman–Crippen MR) is 96.8 cm³/mol. The van der Waals surface area contributed by atoms with E-state index in [2.05, 4.69) is 22.1 Å². The molecule has 1 amide bonds. The number of aromatic amines is 1. The van der Waals surface area contributed by atoms with E-state index in [-0.39, 0.29) is 11.5 Å². The molecule has 1 aromatic heterocycles. The molecule has 126 valence electrons. The Bertz CT molecular complexity index is 772. The van der Waals surface area contributed by atoms with Crippen LogP contribution in [0.15, 0.2) is 41.2 Å². The summed E-state index contributed by atoms with van der Waals surface area (Å²) < 4.78 is 0. The molecule has 2 aromatic rings. The first kappa shape index (κ1) is 16.3. The average Bonchev–Trinajstić information content (AvgIpc) is 2.55. The molecule has 0 saturated carbocycles. The van der Waals surface area contributed by atoms with Crippen LogP contribution in [0, 0.1) is 12.8 Å². The van der Waals surface area contributed by atoms with Gasteiger partial charge >= 0.3 is 0 Å². The Morgan fingerprint density at radius 1 is 1.17 bits per heavy atom. The number of piperidine rings is 1. The van der Waals surface area contributed by atoms with Crippen LogP contribution in [-0.2, 0) is 0 Å². The number of aromatic nitrogens is 1. The summed E-state index contributed by atoms with van der Waals surface area (Å²) in [6.07, 6.45) is 2.45. The molecule has 1 saturated heterocycles. The van der Waals surface area contributed by atoms with Crippen LogP contribution in [0.3, 0.4) is 0 Å². The minimum atomic E-state index is -0.274. The van der Waals surface area contributed by atoms with Crippen molar-refractivity contribution in [2.75, 3.05) is 23.3 Å². The number of amides is 1. The van der Waals surface area contributed by atoms with E-state index < -0.39 is 0 Å². The maximum Gasteiger partial charge on any atom is 0.255 e. The molecular weight excluding hydrogens is 302 g/mol. The van der Waals surface area contributed by atoms with Gasteiger partial charge in [0, 0.05) is 41.8 Å². The molecule has 0 radical (unpaired) electrons. The van der Waals surface area contributed by atoms with E-state index in [1.54, 1.807) is 13.0 Å². The Morgan fingerprint density at radius 3 is 2.46 bits per heavy atom. The predicted octanol–water partition coefficient (Wildman–Crippen LogP) is 3.17. The van der Waals surface area contributed by atoms with Crippen LogP contribution < -0.4 is 15.8 Å². The van der Waals surface area contributed by atoms with Crippen molar-refractivity contribution in [2.45, 2.75) is 26.7 Å². The van der Waals surface area contributed by atoms with Crippen LogP contribution in [0.2, 0.25) is 0 Å². The summed E-state index contributed by atoms with van der Waals surface area (Å²) in [5.74, 6) is 0.529. The topological polar surface area (TPSA) is 65.2 Å². The van der Waals surface area contributed by atoms with Crippen molar-refractivity contribution in [3.8, 4) is 0 Å². The zero-order valence-electron chi connectivity index (χ0n) is 14.1. The SMILES string of the molecule is Cc1cc(C(=O)Nc2ccc(N3CCC(C)CC3)cc2)cc(=O)[nH]1. The smallest absolute Gasteiger partial charge is 0.255 e. The monoisotopic (exact) mass is 325 g/mol. The van der Waals surface area contributed by atoms with Crippen molar-refractivity contribution in [1.82, 2.24) is 4.98 Å². The van der Waals surface area contributed by atoms with Gasteiger partial charge in [0.05, 0.1) is 0 Å². The minimum absolute atomic E-state index is 0.269. The van der Waals surface area contributed by atoms with E-state index in [1.165, 1.54) is 24.6 Å². The lowest BCUT2D eigenvalue weighted by Gasteiger charge is -2.32. The number of H-pyrrole nitrogens is 1. The van der Waals surface area contributed by atoms with Gasteiger partial charge in [0.15, 0.2) is 0 Å². The number of nitrogens with zero attached hydrogens (tertiary/aromatic N) is 1. The van der Waals surface area contributed by atoms with Gasteiger partial charge in [-0.3, -0.25) is 9.59 Å². The first-order valence-corrected chi connectivity index (χ1v) is 8.38. The van der Waals surface area contributed by atoms with Crippen LogP contribution in [0.25, 0.3) is 0 Å². The highest BCUT2D eigenvalue weighted by Gasteiger charge is 2.16. The van der Waals surface area contributed by atoms with E-state index in [0.717, 1.165) is 24.7 Å². The van der Waals surface area contributed by atoms with Gasteiger partial charge < -0.3 is 15.2 Å². The Morgan fingerprint density at radius 2 is 1.83 bits per heavy atom. The fraction of sp³-hybridized carbons (Fsp3) is 0.368. The Kier molecular flexibility index (Phi) is 4.69. The van der Waals surface area contributed by atoms with Gasteiger partial charge in [0.1, 0.15) is 0 Å². The van der Waals surface area contributed by atoms with Gasteiger partial charge in [-0.2, -0.15) is 0 Å². The number of benzene rings is 1. The van der Waals surface area contributed by atoms with Gasteiger partial charge in [0.2, 0.25) is 5.56 Å². The van der Waals surface area contributed by atoms with Crippen LogP contribution in [0.4, 0.5) is 11.4 Å². The van der Waals surface area contributed by atoms with Crippen LogP contribution >= 0.6 is 0 Å². The first-order valence-electron chi connectivity index (χ1n) is 8.38. The van der Waals surface area contributed by atoms with Gasteiger partial charge in [-0.05, 0) is 56.0 Å². The molecule has 3 rings (SSSR count). The quantitative estimate of drug-likeness (QED) is 0.911. The molecule has 1 aliphatic heterocycles. The van der Waals surface area contributed by atoms with Crippen molar-refractivity contribution in [3.63, 3.8) is 0 Å². The number of hydrogen-bond donors (Lipinski definition) is 2. The summed E-state index contributed by atoms with van der Waals surface area (Å²) in [7, 11) is 0. The molecule has 0 spiro atoms. The van der Waals surface area contributed by atoms with Crippen LogP contribution in [0.1, 0.15) is 35.8 Å². The number of pyridine rings is 1. The lowest BCUT2D eigenvalue weighted by atomic mass is 9.99. The number of nitrogens with one attached hydrogen (secondary N) is 2. The lowest BCUT2D eigenvalue weighted by Crippen LogP contribution is -2.32. The number of aryl methyl sites for hydroxylation is 1. The summed E-state index contributed by atoms with van der Waals surface area (Å²) in [5, 5.41) is 2.84. The second-order valence-electron chi connectivity index (χ2n) is 6.59. The highest BCUT2D eigenvalue weighted by molar-refractivity contribution is 6.04. The third-order valence-electron chi connectivity index (χ3n) is 4.52. The summed E-state index contributed by atoms with van der Waals surface area (Å²) >= 11 is 0. The van der Waals surface area contributed by atoms with Gasteiger partial charge in [-0.1, -0.05) is 6.92 Å². The molecule has 0 unspecified atom stereocenters. The molecule has 24 heavy (non-hydrogen) atoms. The second kappa shape index (κ2) is 6.91. The van der Waals surface area contributed by atoms with E-state index in [4.69, 9.17) is 0 Å². The number of rotatable bonds is 3. The van der Waals surface area contributed by atoms with Gasteiger partial charge in [0.25, 0.3) is 5.91 Å². The number of hydrogen-bond acceptors (Lipinski definition) is 3. The number of carbonyl (C=O) groups excluding carboxylic acids is 1. The van der Waals surface area contributed by atoms with E-state index in [0.29, 0.717) is 11.3 Å². The molecule has 2 N–H and O–H groups in total. The molecule has 2 heterocycles. The summed E-state index contributed by atoms with van der Waals surface area (Å²) in [5.41, 5.74) is 2.68. The van der Waals surface area contributed by atoms with E-state index in [9.17, 15) is 9.59 Å². The molecule has 0 aliphatic carbocycles. The zero-order chi connectivity index (χ0) is 17.1. The lowest BCUT2D eigenvalue weighted by molar-refractivity contribution is 0.102. The molecular formula is C19H23N3O2. The zero-order valence-corrected chi connectivity index (χ0v) is 14.1. The van der Waals surface area contributed by atoms with Crippen LogP contribution in [0.5, 0.6) is 0 Å². The molecule has 1 aromatic carbocycles. The molecule has 0 atom stereocenters. The van der Waals surface area contributed by atoms with Gasteiger partial charge in [-0.15, -0.1) is 0 Å². The van der Waals surface area contributed by atoms with Crippen molar-refractivity contribution in [1.29, 1.82) is 0 Å². The third kappa shape index (κ3) is 3.85. The first-order chi connectivity index (χ1) is 11.5. The van der Waals surface area contributed by atoms with E-state index in [1.807, 2.05) is 24.3 Å². The van der Waals surface area contributed by atoms with Crippen molar-refractivity contribution in [2.24, 2.45) is 5.92 Å². The number of carbonyl (C=O) groups is 1. The van der Waals surface area contributed by atoms with Crippen molar-refractivity contribution < 1.29 is 4.79 Å². The Balaban J connectivity index is 1.67. The minimum Gasteiger partial charge on any atom is -0.372 e. The summed E-state index contributed by atoms with van der Waals surface area (Å²) in [6.45, 7) is 6.22. The maximum atomic E-state index is 12.3. The molecule has 5 heteroatoms. The Labute approximate surface area is 141 Å². The van der Waals surface area contributed by atoms with E-state index >= 15 is 0 Å². The number of anilines is 2. The standard InChI is InChI=1S/C19H23N3O2/c1-13-7-9-22(10-8-13)17-5-3-16(4-6-17)21-19(24)15-11-14(2)20-18(23)12-15/h3-6,11-13H,7-10H2,1-2H3,(H,20,23)(H,21,24). The molecule has 0 bridgehead atoms. The Hall–Kier alpha value is -2.56. The van der Waals surface area contributed by atoms with Crippen molar-refractivity contribution >= 4 is 17.3 Å². The second-order valence-corrected chi connectivity index (χ2v) is 6.59. The molecule has 5 nitrogen and oxygen atoms in total. The maximum absolute atomic E-state index is 12.3. The normalized spacial score (nSPS) is 15.3. The average molecular weight is 325 g/mol. The highest BCUT2D eigenvalue weighted by Crippen LogP contribution is 2.24. The molecule has 1 fully saturated rings. The van der Waals surface area contributed by atoms with Gasteiger partial charge in [-0.25, -0.2) is 0 Å². The van der Waals surface area contributed by atoms with Crippen molar-refractivity contribution in [3.05, 3.63) is 58.0 Å². The van der Waals surface area contributed by atoms with Crippen LogP contribution in [-0.4, -0.2) is 24.0 Å². The highest BCUT2D eigenvalue weighted by atomic mass is 16.2. The fourth-order valence-corrected chi connectivity index (χ4v) is 3.04. The summed E-state index contributed by atoms with van der Waals surface area (Å²) in [4.78, 5) is 28.8. The third-order valence-corrected chi connectivity index (χ3v) is 4.52. The molecule has 1 aliphatic rings.